The number of hydrogen-bond acceptors (Lipinski definition) is 3. The zero-order chi connectivity index (χ0) is 15.1. The van der Waals surface area contributed by atoms with Gasteiger partial charge in [-0.25, -0.2) is 0 Å². The van der Waals surface area contributed by atoms with Crippen molar-refractivity contribution in [1.82, 2.24) is 10.6 Å². The van der Waals surface area contributed by atoms with Crippen LogP contribution in [0.2, 0.25) is 0 Å². The zero-order valence-electron chi connectivity index (χ0n) is 12.7. The lowest BCUT2D eigenvalue weighted by Gasteiger charge is -2.15. The summed E-state index contributed by atoms with van der Waals surface area (Å²) in [4.78, 5) is 23.4. The van der Waals surface area contributed by atoms with Crippen LogP contribution in [0, 0.1) is 12.8 Å². The molecule has 1 rings (SSSR count). The summed E-state index contributed by atoms with van der Waals surface area (Å²) < 4.78 is 0. The normalized spacial score (nSPS) is 11.5. The molecule has 0 aliphatic rings. The molecule has 0 saturated carbocycles. The maximum Gasteiger partial charge on any atom is 0.251 e. The smallest absolute Gasteiger partial charge is 0.251 e. The van der Waals surface area contributed by atoms with Gasteiger partial charge in [-0.2, -0.15) is 0 Å². The van der Waals surface area contributed by atoms with Gasteiger partial charge in [0.05, 0.1) is 6.04 Å². The lowest BCUT2D eigenvalue weighted by atomic mass is 10.1. The van der Waals surface area contributed by atoms with Gasteiger partial charge < -0.3 is 16.4 Å². The van der Waals surface area contributed by atoms with E-state index in [0.29, 0.717) is 18.7 Å². The second-order valence-corrected chi connectivity index (χ2v) is 5.18. The predicted octanol–water partition coefficient (Wildman–Crippen LogP) is 1.25. The first-order valence-electron chi connectivity index (χ1n) is 6.80. The Hall–Kier alpha value is -1.59. The van der Waals surface area contributed by atoms with Crippen molar-refractivity contribution in [2.75, 3.05) is 13.1 Å². The van der Waals surface area contributed by atoms with Crippen molar-refractivity contribution < 1.29 is 9.59 Å². The van der Waals surface area contributed by atoms with Crippen LogP contribution in [0.25, 0.3) is 0 Å². The van der Waals surface area contributed by atoms with E-state index in [1.54, 1.807) is 12.1 Å². The van der Waals surface area contributed by atoms with Gasteiger partial charge in [0.15, 0.2) is 0 Å². The average Bonchev–Trinajstić information content (AvgIpc) is 2.42. The van der Waals surface area contributed by atoms with E-state index in [2.05, 4.69) is 10.6 Å². The van der Waals surface area contributed by atoms with Gasteiger partial charge in [0.1, 0.15) is 0 Å². The summed E-state index contributed by atoms with van der Waals surface area (Å²) in [6.07, 6.45) is 0. The highest BCUT2D eigenvalue weighted by atomic mass is 35.5. The van der Waals surface area contributed by atoms with Crippen LogP contribution in [0.5, 0.6) is 0 Å². The van der Waals surface area contributed by atoms with Gasteiger partial charge in [0.25, 0.3) is 5.91 Å². The van der Waals surface area contributed by atoms with Gasteiger partial charge >= 0.3 is 0 Å². The molecule has 0 radical (unpaired) electrons. The maximum absolute atomic E-state index is 11.8. The minimum atomic E-state index is -0.511. The second kappa shape index (κ2) is 9.37. The SMILES string of the molecule is Cc1ccc(C(=O)NCCNC(=O)C(N)C(C)C)cc1.Cl. The summed E-state index contributed by atoms with van der Waals surface area (Å²) in [6.45, 7) is 6.50. The Morgan fingerprint density at radius 3 is 2.14 bits per heavy atom. The molecule has 0 saturated heterocycles. The molecule has 1 aromatic carbocycles. The number of benzene rings is 1. The number of nitrogens with one attached hydrogen (secondary N) is 2. The molecule has 1 aromatic rings. The lowest BCUT2D eigenvalue weighted by molar-refractivity contribution is -0.123. The highest BCUT2D eigenvalue weighted by Crippen LogP contribution is 2.02. The van der Waals surface area contributed by atoms with Crippen molar-refractivity contribution in [3.63, 3.8) is 0 Å². The Kier molecular flexibility index (Phi) is 8.66. The molecule has 4 N–H and O–H groups in total. The van der Waals surface area contributed by atoms with Crippen LogP contribution in [0.3, 0.4) is 0 Å². The number of nitrogens with two attached hydrogens (primary N) is 1. The Morgan fingerprint density at radius 1 is 1.10 bits per heavy atom. The maximum atomic E-state index is 11.8. The molecule has 6 heteroatoms. The average molecular weight is 314 g/mol. The molecule has 0 bridgehead atoms. The van der Waals surface area contributed by atoms with E-state index in [0.717, 1.165) is 5.56 Å². The van der Waals surface area contributed by atoms with E-state index >= 15 is 0 Å². The summed E-state index contributed by atoms with van der Waals surface area (Å²) in [6, 6.07) is 6.81. The molecule has 21 heavy (non-hydrogen) atoms. The molecule has 0 aliphatic carbocycles. The van der Waals surface area contributed by atoms with Crippen LogP contribution in [-0.4, -0.2) is 30.9 Å². The lowest BCUT2D eigenvalue weighted by Crippen LogP contribution is -2.46. The standard InChI is InChI=1S/C15H23N3O2.ClH/c1-10(2)13(16)15(20)18-9-8-17-14(19)12-6-4-11(3)5-7-12;/h4-7,10,13H,8-9,16H2,1-3H3,(H,17,19)(H,18,20);1H. The minimum absolute atomic E-state index is 0. The van der Waals surface area contributed by atoms with Gasteiger partial charge in [-0.3, -0.25) is 9.59 Å². The monoisotopic (exact) mass is 313 g/mol. The molecular formula is C15H24ClN3O2. The van der Waals surface area contributed by atoms with Gasteiger partial charge in [0.2, 0.25) is 5.91 Å². The number of rotatable bonds is 6. The molecule has 0 heterocycles. The van der Waals surface area contributed by atoms with E-state index < -0.39 is 6.04 Å². The number of carbonyl (C=O) groups excluding carboxylic acids is 2. The van der Waals surface area contributed by atoms with Crippen LogP contribution in [0.15, 0.2) is 24.3 Å². The van der Waals surface area contributed by atoms with Crippen LogP contribution in [0.1, 0.15) is 29.8 Å². The number of halogens is 1. The number of hydrogen-bond donors (Lipinski definition) is 3. The fourth-order valence-electron chi connectivity index (χ4n) is 1.59. The Balaban J connectivity index is 0.00000400. The van der Waals surface area contributed by atoms with E-state index in [9.17, 15) is 9.59 Å². The van der Waals surface area contributed by atoms with Gasteiger partial charge in [-0.05, 0) is 25.0 Å². The second-order valence-electron chi connectivity index (χ2n) is 5.18. The van der Waals surface area contributed by atoms with Gasteiger partial charge in [0, 0.05) is 18.7 Å². The fraction of sp³-hybridized carbons (Fsp3) is 0.467. The topological polar surface area (TPSA) is 84.2 Å². The fourth-order valence-corrected chi connectivity index (χ4v) is 1.59. The van der Waals surface area contributed by atoms with Gasteiger partial charge in [-0.15, -0.1) is 12.4 Å². The number of carbonyl (C=O) groups is 2. The molecule has 5 nitrogen and oxygen atoms in total. The number of aryl methyl sites for hydroxylation is 1. The molecular weight excluding hydrogens is 290 g/mol. The van der Waals surface area contributed by atoms with Crippen molar-refractivity contribution in [1.29, 1.82) is 0 Å². The third kappa shape index (κ3) is 6.60. The van der Waals surface area contributed by atoms with Crippen molar-refractivity contribution in [3.05, 3.63) is 35.4 Å². The first-order chi connectivity index (χ1) is 9.41. The van der Waals surface area contributed by atoms with Gasteiger partial charge in [-0.1, -0.05) is 31.5 Å². The van der Waals surface area contributed by atoms with Crippen LogP contribution >= 0.6 is 12.4 Å². The summed E-state index contributed by atoms with van der Waals surface area (Å²) in [7, 11) is 0. The molecule has 2 amide bonds. The molecule has 0 aliphatic heterocycles. The molecule has 0 aromatic heterocycles. The summed E-state index contributed by atoms with van der Waals surface area (Å²) in [5.74, 6) is -0.242. The molecule has 0 fully saturated rings. The van der Waals surface area contributed by atoms with Crippen molar-refractivity contribution >= 4 is 24.2 Å². The van der Waals surface area contributed by atoms with Crippen LogP contribution in [0.4, 0.5) is 0 Å². The van der Waals surface area contributed by atoms with Crippen molar-refractivity contribution in [2.45, 2.75) is 26.8 Å². The van der Waals surface area contributed by atoms with Crippen LogP contribution < -0.4 is 16.4 Å². The highest BCUT2D eigenvalue weighted by molar-refractivity contribution is 5.94. The van der Waals surface area contributed by atoms with Crippen LogP contribution in [-0.2, 0) is 4.79 Å². The first kappa shape index (κ1) is 19.4. The summed E-state index contributed by atoms with van der Waals surface area (Å²) in [5, 5.41) is 5.45. The summed E-state index contributed by atoms with van der Waals surface area (Å²) in [5.41, 5.74) is 7.43. The third-order valence-electron chi connectivity index (χ3n) is 3.04. The minimum Gasteiger partial charge on any atom is -0.353 e. The highest BCUT2D eigenvalue weighted by Gasteiger charge is 2.16. The van der Waals surface area contributed by atoms with Crippen molar-refractivity contribution in [2.24, 2.45) is 11.7 Å². The van der Waals surface area contributed by atoms with E-state index in [-0.39, 0.29) is 30.1 Å². The molecule has 0 spiro atoms. The quantitative estimate of drug-likeness (QED) is 0.691. The molecule has 1 unspecified atom stereocenters. The first-order valence-corrected chi connectivity index (χ1v) is 6.80. The van der Waals surface area contributed by atoms with E-state index in [1.807, 2.05) is 32.9 Å². The Bertz CT molecular complexity index is 460. The van der Waals surface area contributed by atoms with E-state index in [1.165, 1.54) is 0 Å². The molecule has 118 valence electrons. The van der Waals surface area contributed by atoms with Crippen molar-refractivity contribution in [3.8, 4) is 0 Å². The largest absolute Gasteiger partial charge is 0.353 e. The molecule has 1 atom stereocenters. The Morgan fingerprint density at radius 2 is 1.62 bits per heavy atom. The van der Waals surface area contributed by atoms with E-state index in [4.69, 9.17) is 5.73 Å². The number of amides is 2. The predicted molar refractivity (Wildman–Crippen MR) is 86.6 cm³/mol. The Labute approximate surface area is 132 Å². The third-order valence-corrected chi connectivity index (χ3v) is 3.04. The summed E-state index contributed by atoms with van der Waals surface area (Å²) >= 11 is 0. The zero-order valence-corrected chi connectivity index (χ0v) is 13.5.